The molecule has 0 fully saturated rings. The SMILES string of the molecule is COS(=O)(=O)C(CC(=O)O)C(=O)O.[CH-]=C.[H-].[Na+].[Na+]. The molecule has 0 rings (SSSR count). The van der Waals surface area contributed by atoms with Gasteiger partial charge in [-0.2, -0.15) is 8.42 Å². The van der Waals surface area contributed by atoms with E-state index in [1.165, 1.54) is 0 Å². The molecule has 1 unspecified atom stereocenters. The van der Waals surface area contributed by atoms with Crippen molar-refractivity contribution in [3.63, 3.8) is 0 Å². The van der Waals surface area contributed by atoms with Crippen molar-refractivity contribution in [1.82, 2.24) is 0 Å². The molecule has 90 valence electrons. The van der Waals surface area contributed by atoms with Gasteiger partial charge in [-0.15, -0.1) is 0 Å². The van der Waals surface area contributed by atoms with Crippen LogP contribution < -0.4 is 59.1 Å². The van der Waals surface area contributed by atoms with Crippen LogP contribution >= 0.6 is 0 Å². The molecule has 0 aromatic carbocycles. The minimum absolute atomic E-state index is 0. The molecule has 7 nitrogen and oxygen atoms in total. The van der Waals surface area contributed by atoms with Gasteiger partial charge in [0.15, 0.2) is 5.25 Å². The zero-order chi connectivity index (χ0) is 12.6. The van der Waals surface area contributed by atoms with Crippen molar-refractivity contribution in [2.45, 2.75) is 11.7 Å². The first-order valence-corrected chi connectivity index (χ1v) is 4.93. The maximum atomic E-state index is 10.8. The summed E-state index contributed by atoms with van der Waals surface area (Å²) in [4.78, 5) is 20.4. The molecule has 0 aliphatic rings. The number of carboxylic acid groups (broad SMARTS) is 2. The predicted octanol–water partition coefficient (Wildman–Crippen LogP) is -6.38. The Labute approximate surface area is 145 Å². The summed E-state index contributed by atoms with van der Waals surface area (Å²) in [5.41, 5.74) is 0. The van der Waals surface area contributed by atoms with Crippen LogP contribution in [0.4, 0.5) is 0 Å². The molecule has 0 aliphatic heterocycles. The monoisotopic (exact) mass is 286 g/mol. The summed E-state index contributed by atoms with van der Waals surface area (Å²) in [6, 6.07) is 0. The van der Waals surface area contributed by atoms with E-state index in [9.17, 15) is 18.0 Å². The standard InChI is InChI=1S/C5H8O7S.C2H3.2Na.H/c1-12-13(10,11)3(5(8)9)2-4(6)7;1-2;;;/h3H,2H2,1H3,(H,6,7)(H,8,9);1H,2H2;;;/q;-1;2*+1;-1. The molecule has 10 heteroatoms. The summed E-state index contributed by atoms with van der Waals surface area (Å²) >= 11 is 0. The minimum Gasteiger partial charge on any atom is -1.00 e. The second kappa shape index (κ2) is 13.0. The number of rotatable bonds is 5. The van der Waals surface area contributed by atoms with Gasteiger partial charge in [-0.3, -0.25) is 20.4 Å². The zero-order valence-corrected chi connectivity index (χ0v) is 14.7. The zero-order valence-electron chi connectivity index (χ0n) is 10.9. The van der Waals surface area contributed by atoms with Gasteiger partial charge in [0, 0.05) is 0 Å². The molecule has 1 atom stereocenters. The maximum absolute atomic E-state index is 10.8. The number of carbonyl (C=O) groups is 2. The van der Waals surface area contributed by atoms with E-state index in [1.54, 1.807) is 0 Å². The summed E-state index contributed by atoms with van der Waals surface area (Å²) in [5, 5.41) is 14.5. The molecular formula is C7H12Na2O7S. The van der Waals surface area contributed by atoms with Crippen molar-refractivity contribution in [2.24, 2.45) is 0 Å². The average Bonchev–Trinajstić information content (AvgIpc) is 2.16. The predicted molar refractivity (Wildman–Crippen MR) is 50.6 cm³/mol. The third kappa shape index (κ3) is 11.4. The average molecular weight is 286 g/mol. The third-order valence-corrected chi connectivity index (χ3v) is 2.75. The second-order valence-electron chi connectivity index (χ2n) is 2.08. The van der Waals surface area contributed by atoms with Gasteiger partial charge in [0.1, 0.15) is 0 Å². The minimum atomic E-state index is -4.33. The fourth-order valence-electron chi connectivity index (χ4n) is 0.588. The molecule has 0 aromatic rings. The van der Waals surface area contributed by atoms with Gasteiger partial charge in [-0.25, -0.2) is 0 Å². The Hall–Kier alpha value is 0.590. The van der Waals surface area contributed by atoms with Crippen LogP contribution in [0.3, 0.4) is 0 Å². The van der Waals surface area contributed by atoms with E-state index in [0.717, 1.165) is 7.11 Å². The fraction of sp³-hybridized carbons (Fsp3) is 0.429. The van der Waals surface area contributed by atoms with E-state index in [2.05, 4.69) is 17.3 Å². The summed E-state index contributed by atoms with van der Waals surface area (Å²) in [7, 11) is -3.56. The molecule has 0 aliphatic carbocycles. The number of hydrogen-bond acceptors (Lipinski definition) is 5. The molecule has 0 aromatic heterocycles. The van der Waals surface area contributed by atoms with Gasteiger partial charge >= 0.3 is 71.1 Å². The van der Waals surface area contributed by atoms with Crippen LogP contribution in [0.5, 0.6) is 0 Å². The van der Waals surface area contributed by atoms with Crippen LogP contribution in [0.15, 0.2) is 6.58 Å². The Morgan fingerprint density at radius 2 is 1.71 bits per heavy atom. The van der Waals surface area contributed by atoms with Crippen LogP contribution in [0.2, 0.25) is 0 Å². The Bertz CT molecular complexity index is 333. The molecule has 0 heterocycles. The molecule has 0 saturated carbocycles. The molecule has 2 N–H and O–H groups in total. The summed E-state index contributed by atoms with van der Waals surface area (Å²) < 4.78 is 25.5. The Kier molecular flexibility index (Phi) is 20.1. The van der Waals surface area contributed by atoms with Crippen molar-refractivity contribution >= 4 is 22.1 Å². The molecule has 0 saturated heterocycles. The normalized spacial score (nSPS) is 10.6. The van der Waals surface area contributed by atoms with Crippen molar-refractivity contribution in [2.75, 3.05) is 7.11 Å². The van der Waals surface area contributed by atoms with Crippen LogP contribution in [0.1, 0.15) is 7.85 Å². The van der Waals surface area contributed by atoms with Gasteiger partial charge < -0.3 is 18.2 Å². The van der Waals surface area contributed by atoms with Crippen molar-refractivity contribution in [3.05, 3.63) is 13.2 Å². The molecule has 0 spiro atoms. The third-order valence-electron chi connectivity index (χ3n) is 1.22. The van der Waals surface area contributed by atoms with Crippen molar-refractivity contribution < 1.29 is 92.9 Å². The Morgan fingerprint density at radius 3 is 1.88 bits per heavy atom. The topological polar surface area (TPSA) is 118 Å². The Balaban J connectivity index is -0.000000107. The summed E-state index contributed by atoms with van der Waals surface area (Å²) in [6.45, 7) is 7.00. The van der Waals surface area contributed by atoms with Crippen molar-refractivity contribution in [3.8, 4) is 0 Å². The van der Waals surface area contributed by atoms with E-state index < -0.39 is 33.7 Å². The molecule has 17 heavy (non-hydrogen) atoms. The fourth-order valence-corrected chi connectivity index (χ4v) is 1.41. The van der Waals surface area contributed by atoms with Gasteiger partial charge in [0.25, 0.3) is 10.1 Å². The smallest absolute Gasteiger partial charge is 1.00 e. The van der Waals surface area contributed by atoms with E-state index in [0.29, 0.717) is 0 Å². The quantitative estimate of drug-likeness (QED) is 0.293. The van der Waals surface area contributed by atoms with Gasteiger partial charge in [-0.05, 0) is 0 Å². The maximum Gasteiger partial charge on any atom is 1.00 e. The second-order valence-corrected chi connectivity index (χ2v) is 3.97. The first kappa shape index (κ1) is 26.2. The number of aliphatic carboxylic acids is 2. The molecular weight excluding hydrogens is 274 g/mol. The summed E-state index contributed by atoms with van der Waals surface area (Å²) in [6.07, 6.45) is -1.02. The number of carboxylic acids is 2. The molecule has 0 radical (unpaired) electrons. The van der Waals surface area contributed by atoms with Crippen molar-refractivity contribution in [1.29, 1.82) is 0 Å². The van der Waals surface area contributed by atoms with E-state index in [-0.39, 0.29) is 60.5 Å². The van der Waals surface area contributed by atoms with Crippen LogP contribution in [0, 0.1) is 6.58 Å². The first-order chi connectivity index (χ1) is 6.81. The summed E-state index contributed by atoms with van der Waals surface area (Å²) in [5.74, 6) is -3.27. The van der Waals surface area contributed by atoms with Crippen LogP contribution in [0.25, 0.3) is 0 Å². The van der Waals surface area contributed by atoms with Gasteiger partial charge in [0.2, 0.25) is 0 Å². The van der Waals surface area contributed by atoms with Gasteiger partial charge in [-0.1, -0.05) is 0 Å². The first-order valence-electron chi connectivity index (χ1n) is 3.46. The van der Waals surface area contributed by atoms with E-state index in [1.807, 2.05) is 0 Å². The molecule has 0 bridgehead atoms. The number of hydrogen-bond donors (Lipinski definition) is 2. The van der Waals surface area contributed by atoms with E-state index >= 15 is 0 Å². The van der Waals surface area contributed by atoms with Crippen LogP contribution in [-0.4, -0.2) is 42.9 Å². The largest absolute Gasteiger partial charge is 1.00 e. The van der Waals surface area contributed by atoms with Crippen LogP contribution in [-0.2, 0) is 23.9 Å². The van der Waals surface area contributed by atoms with E-state index in [4.69, 9.17) is 10.2 Å². The Morgan fingerprint density at radius 1 is 1.35 bits per heavy atom. The van der Waals surface area contributed by atoms with Gasteiger partial charge in [0.05, 0.1) is 13.5 Å². The molecule has 0 amide bonds.